The van der Waals surface area contributed by atoms with Crippen LogP contribution in [0.2, 0.25) is 0 Å². The van der Waals surface area contributed by atoms with Crippen LogP contribution in [0.5, 0.6) is 0 Å². The molecule has 0 amide bonds. The maximum absolute atomic E-state index is 4.31. The van der Waals surface area contributed by atoms with Crippen molar-refractivity contribution in [2.75, 3.05) is 19.6 Å². The molecule has 1 N–H and O–H groups in total. The molecule has 1 aromatic rings. The minimum absolute atomic E-state index is 0.641. The first-order valence-corrected chi connectivity index (χ1v) is 6.89. The van der Waals surface area contributed by atoms with Gasteiger partial charge in [-0.15, -0.1) is 11.3 Å². The van der Waals surface area contributed by atoms with E-state index in [1.54, 1.807) is 11.3 Å². The Kier molecular flexibility index (Phi) is 3.95. The van der Waals surface area contributed by atoms with Crippen molar-refractivity contribution in [1.29, 1.82) is 0 Å². The molecule has 0 bridgehead atoms. The van der Waals surface area contributed by atoms with Crippen molar-refractivity contribution in [3.05, 3.63) is 16.1 Å². The number of hydrogen-bond acceptors (Lipinski definition) is 4. The Morgan fingerprint density at radius 2 is 2.44 bits per heavy atom. The number of hydrogen-bond donors (Lipinski definition) is 1. The lowest BCUT2D eigenvalue weighted by Crippen LogP contribution is -2.52. The van der Waals surface area contributed by atoms with Gasteiger partial charge in [0, 0.05) is 37.1 Å². The first-order chi connectivity index (χ1) is 7.66. The zero-order chi connectivity index (χ0) is 11.5. The van der Waals surface area contributed by atoms with Crippen molar-refractivity contribution >= 4 is 11.3 Å². The number of nitrogens with zero attached hydrogens (tertiary/aromatic N) is 2. The first-order valence-electron chi connectivity index (χ1n) is 6.01. The van der Waals surface area contributed by atoms with Gasteiger partial charge in [0.15, 0.2) is 0 Å². The highest BCUT2D eigenvalue weighted by atomic mass is 32.1. The monoisotopic (exact) mass is 239 g/mol. The fraction of sp³-hybridized carbons (Fsp3) is 0.750. The number of thiazole rings is 1. The molecule has 0 saturated carbocycles. The van der Waals surface area contributed by atoms with Gasteiger partial charge < -0.3 is 5.32 Å². The van der Waals surface area contributed by atoms with E-state index < -0.39 is 0 Å². The molecule has 0 spiro atoms. The summed E-state index contributed by atoms with van der Waals surface area (Å²) in [6.45, 7) is 11.2. The van der Waals surface area contributed by atoms with E-state index in [4.69, 9.17) is 0 Å². The van der Waals surface area contributed by atoms with Crippen molar-refractivity contribution in [3.8, 4) is 0 Å². The van der Waals surface area contributed by atoms with E-state index in [1.165, 1.54) is 10.6 Å². The van der Waals surface area contributed by atoms with E-state index in [0.29, 0.717) is 12.0 Å². The SMILES string of the molecule is Cc1ncsc1CN1CCNC(C(C)C)C1. The third kappa shape index (κ3) is 2.81. The van der Waals surface area contributed by atoms with Gasteiger partial charge in [0.25, 0.3) is 0 Å². The number of aromatic nitrogens is 1. The molecular formula is C12H21N3S. The summed E-state index contributed by atoms with van der Waals surface area (Å²) in [7, 11) is 0. The number of rotatable bonds is 3. The van der Waals surface area contributed by atoms with Crippen LogP contribution in [0.15, 0.2) is 5.51 Å². The van der Waals surface area contributed by atoms with E-state index in [0.717, 1.165) is 26.2 Å². The van der Waals surface area contributed by atoms with Crippen molar-refractivity contribution in [3.63, 3.8) is 0 Å². The lowest BCUT2D eigenvalue weighted by atomic mass is 10.0. The Morgan fingerprint density at radius 3 is 3.06 bits per heavy atom. The van der Waals surface area contributed by atoms with E-state index in [2.05, 4.69) is 36.0 Å². The van der Waals surface area contributed by atoms with Crippen molar-refractivity contribution in [2.24, 2.45) is 5.92 Å². The van der Waals surface area contributed by atoms with Crippen molar-refractivity contribution in [1.82, 2.24) is 15.2 Å². The van der Waals surface area contributed by atoms with Crippen LogP contribution in [0.3, 0.4) is 0 Å². The highest BCUT2D eigenvalue weighted by molar-refractivity contribution is 7.09. The van der Waals surface area contributed by atoms with Gasteiger partial charge in [-0.1, -0.05) is 13.8 Å². The third-order valence-corrected chi connectivity index (χ3v) is 4.23. The molecule has 1 aromatic heterocycles. The molecule has 1 saturated heterocycles. The number of nitrogens with one attached hydrogen (secondary N) is 1. The summed E-state index contributed by atoms with van der Waals surface area (Å²) in [5.74, 6) is 0.713. The average Bonchev–Trinajstić information content (AvgIpc) is 2.65. The number of piperazine rings is 1. The summed E-state index contributed by atoms with van der Waals surface area (Å²) in [5, 5.41) is 3.59. The van der Waals surface area contributed by atoms with Gasteiger partial charge in [-0.25, -0.2) is 4.98 Å². The van der Waals surface area contributed by atoms with Gasteiger partial charge in [0.05, 0.1) is 11.2 Å². The maximum atomic E-state index is 4.31. The summed E-state index contributed by atoms with van der Waals surface area (Å²) < 4.78 is 0. The van der Waals surface area contributed by atoms with Crippen LogP contribution in [0.4, 0.5) is 0 Å². The summed E-state index contributed by atoms with van der Waals surface area (Å²) in [5.41, 5.74) is 3.15. The van der Waals surface area contributed by atoms with E-state index >= 15 is 0 Å². The Hall–Kier alpha value is -0.450. The molecule has 2 rings (SSSR count). The molecule has 0 radical (unpaired) electrons. The van der Waals surface area contributed by atoms with Gasteiger partial charge >= 0.3 is 0 Å². The molecule has 0 aliphatic carbocycles. The van der Waals surface area contributed by atoms with Gasteiger partial charge in [0.1, 0.15) is 0 Å². The van der Waals surface area contributed by atoms with Gasteiger partial charge in [-0.05, 0) is 12.8 Å². The second-order valence-corrected chi connectivity index (χ2v) is 5.84. The zero-order valence-electron chi connectivity index (χ0n) is 10.4. The van der Waals surface area contributed by atoms with Gasteiger partial charge in [-0.3, -0.25) is 4.90 Å². The van der Waals surface area contributed by atoms with Crippen molar-refractivity contribution in [2.45, 2.75) is 33.4 Å². The van der Waals surface area contributed by atoms with Crippen molar-refractivity contribution < 1.29 is 0 Å². The Morgan fingerprint density at radius 1 is 1.62 bits per heavy atom. The van der Waals surface area contributed by atoms with Crippen LogP contribution in [0.1, 0.15) is 24.4 Å². The predicted molar refractivity (Wildman–Crippen MR) is 68.8 cm³/mol. The maximum Gasteiger partial charge on any atom is 0.0798 e. The number of aryl methyl sites for hydroxylation is 1. The molecule has 1 atom stereocenters. The third-order valence-electron chi connectivity index (χ3n) is 3.31. The van der Waals surface area contributed by atoms with Gasteiger partial charge in [0.2, 0.25) is 0 Å². The minimum Gasteiger partial charge on any atom is -0.311 e. The highest BCUT2D eigenvalue weighted by Crippen LogP contribution is 2.17. The fourth-order valence-electron chi connectivity index (χ4n) is 2.11. The fourth-order valence-corrected chi connectivity index (χ4v) is 2.93. The van der Waals surface area contributed by atoms with Crippen LogP contribution >= 0.6 is 11.3 Å². The molecule has 0 aromatic carbocycles. The smallest absolute Gasteiger partial charge is 0.0798 e. The quantitative estimate of drug-likeness (QED) is 0.873. The first kappa shape index (κ1) is 12.0. The zero-order valence-corrected chi connectivity index (χ0v) is 11.2. The second kappa shape index (κ2) is 5.25. The average molecular weight is 239 g/mol. The molecule has 90 valence electrons. The van der Waals surface area contributed by atoms with Crippen LogP contribution in [0, 0.1) is 12.8 Å². The normalized spacial score (nSPS) is 22.9. The molecular weight excluding hydrogens is 218 g/mol. The van der Waals surface area contributed by atoms with E-state index in [-0.39, 0.29) is 0 Å². The Balaban J connectivity index is 1.93. The highest BCUT2D eigenvalue weighted by Gasteiger charge is 2.22. The lowest BCUT2D eigenvalue weighted by molar-refractivity contribution is 0.169. The molecule has 4 heteroatoms. The van der Waals surface area contributed by atoms with Gasteiger partial charge in [-0.2, -0.15) is 0 Å². The van der Waals surface area contributed by atoms with E-state index in [1.807, 2.05) is 5.51 Å². The van der Waals surface area contributed by atoms with E-state index in [9.17, 15) is 0 Å². The molecule has 3 nitrogen and oxygen atoms in total. The standard InChI is InChI=1S/C12H21N3S/c1-9(2)11-6-15(5-4-13-11)7-12-10(3)14-8-16-12/h8-9,11,13H,4-7H2,1-3H3. The summed E-state index contributed by atoms with van der Waals surface area (Å²) in [6.07, 6.45) is 0. The summed E-state index contributed by atoms with van der Waals surface area (Å²) in [4.78, 5) is 8.28. The van der Waals surface area contributed by atoms with Crippen LogP contribution < -0.4 is 5.32 Å². The Bertz CT molecular complexity index is 335. The van der Waals surface area contributed by atoms with Crippen LogP contribution in [0.25, 0.3) is 0 Å². The summed E-state index contributed by atoms with van der Waals surface area (Å²) in [6, 6.07) is 0.641. The predicted octanol–water partition coefficient (Wildman–Crippen LogP) is 1.88. The molecule has 1 unspecified atom stereocenters. The lowest BCUT2D eigenvalue weighted by Gasteiger charge is -2.35. The minimum atomic E-state index is 0.641. The molecule has 1 aliphatic heterocycles. The topological polar surface area (TPSA) is 28.2 Å². The largest absolute Gasteiger partial charge is 0.311 e. The summed E-state index contributed by atoms with van der Waals surface area (Å²) >= 11 is 1.78. The second-order valence-electron chi connectivity index (χ2n) is 4.90. The Labute approximate surface area is 102 Å². The molecule has 16 heavy (non-hydrogen) atoms. The molecule has 1 aliphatic rings. The van der Waals surface area contributed by atoms with Crippen LogP contribution in [-0.2, 0) is 6.54 Å². The molecule has 2 heterocycles. The van der Waals surface area contributed by atoms with Crippen LogP contribution in [-0.4, -0.2) is 35.6 Å². The molecule has 1 fully saturated rings.